The number of piperidine rings is 2. The summed E-state index contributed by atoms with van der Waals surface area (Å²) in [4.78, 5) is 14.0. The van der Waals surface area contributed by atoms with E-state index < -0.39 is 15.8 Å². The molecule has 0 N–H and O–H groups in total. The first kappa shape index (κ1) is 19.8. The topological polar surface area (TPSA) is 66.9 Å². The summed E-state index contributed by atoms with van der Waals surface area (Å²) in [5, 5.41) is 0. The van der Waals surface area contributed by atoms with Crippen LogP contribution < -0.4 is 0 Å². The van der Waals surface area contributed by atoms with Crippen LogP contribution in [0.25, 0.3) is 0 Å². The smallest absolute Gasteiger partial charge is 0.243 e. The van der Waals surface area contributed by atoms with E-state index in [4.69, 9.17) is 4.74 Å². The number of rotatable bonds is 4. The zero-order chi connectivity index (χ0) is 19.9. The Morgan fingerprint density at radius 2 is 1.57 bits per heavy atom. The number of carbonyl (C=O) groups is 1. The van der Waals surface area contributed by atoms with Gasteiger partial charge in [0.2, 0.25) is 15.9 Å². The molecule has 1 unspecified atom stereocenters. The number of halogens is 1. The molecule has 1 aromatic rings. The first-order chi connectivity index (χ1) is 13.3. The maximum Gasteiger partial charge on any atom is 0.243 e. The summed E-state index contributed by atoms with van der Waals surface area (Å²) in [6, 6.07) is 5.55. The minimum absolute atomic E-state index is 0.0490. The predicted molar refractivity (Wildman–Crippen MR) is 102 cm³/mol. The van der Waals surface area contributed by atoms with Crippen molar-refractivity contribution in [3.8, 4) is 0 Å². The van der Waals surface area contributed by atoms with Crippen LogP contribution in [0, 0.1) is 5.82 Å². The van der Waals surface area contributed by atoms with E-state index in [0.717, 1.165) is 25.7 Å². The van der Waals surface area contributed by atoms with E-state index in [0.29, 0.717) is 38.0 Å². The summed E-state index contributed by atoms with van der Waals surface area (Å²) in [5.74, 6) is -0.291. The van der Waals surface area contributed by atoms with Crippen LogP contribution in [-0.2, 0) is 19.6 Å². The maximum absolute atomic E-state index is 13.1. The van der Waals surface area contributed by atoms with Crippen LogP contribution in [0.4, 0.5) is 4.39 Å². The SMILES string of the molecule is CC(=O)N1[C@@H]2CC[C@H]1CC(OC1CCN(S(=O)(=O)c3ccc(F)cc3)CC1)C2. The van der Waals surface area contributed by atoms with Crippen molar-refractivity contribution >= 4 is 15.9 Å². The number of fused-ring (bicyclic) bond motifs is 2. The van der Waals surface area contributed by atoms with Gasteiger partial charge in [-0.2, -0.15) is 4.31 Å². The lowest BCUT2D eigenvalue weighted by Crippen LogP contribution is -2.49. The van der Waals surface area contributed by atoms with Gasteiger partial charge in [-0.25, -0.2) is 12.8 Å². The van der Waals surface area contributed by atoms with Crippen molar-refractivity contribution in [2.45, 2.75) is 74.6 Å². The van der Waals surface area contributed by atoms with E-state index in [9.17, 15) is 17.6 Å². The van der Waals surface area contributed by atoms with Gasteiger partial charge in [0, 0.05) is 32.1 Å². The first-order valence-electron chi connectivity index (χ1n) is 10.0. The number of amides is 1. The zero-order valence-electron chi connectivity index (χ0n) is 16.1. The Kier molecular flexibility index (Phi) is 5.46. The Morgan fingerprint density at radius 3 is 2.11 bits per heavy atom. The molecule has 3 aliphatic rings. The fraction of sp³-hybridized carbons (Fsp3) is 0.650. The molecule has 8 heteroatoms. The summed E-state index contributed by atoms with van der Waals surface area (Å²) in [6.45, 7) is 2.46. The summed E-state index contributed by atoms with van der Waals surface area (Å²) in [6.07, 6.45) is 5.38. The Hall–Kier alpha value is -1.51. The van der Waals surface area contributed by atoms with E-state index in [2.05, 4.69) is 0 Å². The van der Waals surface area contributed by atoms with Crippen LogP contribution >= 0.6 is 0 Å². The van der Waals surface area contributed by atoms with E-state index in [1.165, 1.54) is 28.6 Å². The molecule has 6 nitrogen and oxygen atoms in total. The molecule has 3 heterocycles. The van der Waals surface area contributed by atoms with Crippen molar-refractivity contribution in [3.05, 3.63) is 30.1 Å². The average Bonchev–Trinajstić information content (AvgIpc) is 2.94. The van der Waals surface area contributed by atoms with Gasteiger partial charge in [0.25, 0.3) is 0 Å². The molecule has 3 fully saturated rings. The third kappa shape index (κ3) is 3.82. The first-order valence-corrected chi connectivity index (χ1v) is 11.5. The van der Waals surface area contributed by atoms with Gasteiger partial charge in [-0.05, 0) is 62.8 Å². The highest BCUT2D eigenvalue weighted by Gasteiger charge is 2.43. The molecule has 3 atom stereocenters. The van der Waals surface area contributed by atoms with Crippen molar-refractivity contribution in [1.29, 1.82) is 0 Å². The summed E-state index contributed by atoms with van der Waals surface area (Å²) in [5.41, 5.74) is 0. The standard InChI is InChI=1S/C20H27FN2O4S/c1-14(24)23-16-4-5-17(23)13-19(12-16)27-18-8-10-22(11-9-18)28(25,26)20-6-2-15(21)3-7-20/h2-3,6-7,16-19H,4-5,8-13H2,1H3/t16-,17+,19?. The Morgan fingerprint density at radius 1 is 1.00 bits per heavy atom. The van der Waals surface area contributed by atoms with Gasteiger partial charge < -0.3 is 9.64 Å². The van der Waals surface area contributed by atoms with Crippen LogP contribution in [0.5, 0.6) is 0 Å². The maximum atomic E-state index is 13.1. The lowest BCUT2D eigenvalue weighted by atomic mass is 9.98. The molecule has 0 aliphatic carbocycles. The van der Waals surface area contributed by atoms with E-state index in [1.807, 2.05) is 4.90 Å². The summed E-state index contributed by atoms with van der Waals surface area (Å²) in [7, 11) is -3.59. The summed E-state index contributed by atoms with van der Waals surface area (Å²) >= 11 is 0. The molecule has 0 aromatic heterocycles. The minimum Gasteiger partial charge on any atom is -0.375 e. The van der Waals surface area contributed by atoms with Crippen LogP contribution in [0.2, 0.25) is 0 Å². The molecular formula is C20H27FN2O4S. The molecule has 4 rings (SSSR count). The molecule has 0 radical (unpaired) electrons. The van der Waals surface area contributed by atoms with E-state index >= 15 is 0 Å². The molecular weight excluding hydrogens is 383 g/mol. The second-order valence-electron chi connectivity index (χ2n) is 8.10. The molecule has 154 valence electrons. The van der Waals surface area contributed by atoms with Crippen molar-refractivity contribution in [1.82, 2.24) is 9.21 Å². The number of hydrogen-bond donors (Lipinski definition) is 0. The van der Waals surface area contributed by atoms with Crippen molar-refractivity contribution in [2.75, 3.05) is 13.1 Å². The lowest BCUT2D eigenvalue weighted by molar-refractivity contribution is -0.138. The molecule has 1 aromatic carbocycles. The predicted octanol–water partition coefficient (Wildman–Crippen LogP) is 2.54. The summed E-state index contributed by atoms with van der Waals surface area (Å²) < 4.78 is 46.3. The minimum atomic E-state index is -3.59. The number of carbonyl (C=O) groups excluding carboxylic acids is 1. The lowest BCUT2D eigenvalue weighted by Gasteiger charge is -2.40. The Bertz CT molecular complexity index is 807. The number of sulfonamides is 1. The van der Waals surface area contributed by atoms with Crippen molar-refractivity contribution in [2.24, 2.45) is 0 Å². The Balaban J connectivity index is 1.31. The second kappa shape index (κ2) is 7.72. The van der Waals surface area contributed by atoms with Crippen molar-refractivity contribution < 1.29 is 22.3 Å². The molecule has 3 saturated heterocycles. The number of nitrogens with zero attached hydrogens (tertiary/aromatic N) is 2. The largest absolute Gasteiger partial charge is 0.375 e. The molecule has 0 saturated carbocycles. The monoisotopic (exact) mass is 410 g/mol. The average molecular weight is 411 g/mol. The Labute approximate surface area is 165 Å². The molecule has 1 amide bonds. The second-order valence-corrected chi connectivity index (χ2v) is 10.0. The van der Waals surface area contributed by atoms with Crippen LogP contribution in [0.1, 0.15) is 45.4 Å². The molecule has 28 heavy (non-hydrogen) atoms. The fourth-order valence-electron chi connectivity index (χ4n) is 4.99. The number of hydrogen-bond acceptors (Lipinski definition) is 4. The van der Waals surface area contributed by atoms with Crippen molar-refractivity contribution in [3.63, 3.8) is 0 Å². The van der Waals surface area contributed by atoms with Crippen LogP contribution in [-0.4, -0.2) is 60.9 Å². The third-order valence-corrected chi connectivity index (χ3v) is 8.20. The van der Waals surface area contributed by atoms with Gasteiger partial charge in [0.05, 0.1) is 17.1 Å². The van der Waals surface area contributed by atoms with E-state index in [1.54, 1.807) is 6.92 Å². The van der Waals surface area contributed by atoms with Crippen LogP contribution in [0.3, 0.4) is 0 Å². The van der Waals surface area contributed by atoms with Gasteiger partial charge in [-0.1, -0.05) is 0 Å². The van der Waals surface area contributed by atoms with Gasteiger partial charge in [-0.15, -0.1) is 0 Å². The molecule has 0 spiro atoms. The van der Waals surface area contributed by atoms with Gasteiger partial charge in [0.1, 0.15) is 5.82 Å². The quantitative estimate of drug-likeness (QED) is 0.765. The van der Waals surface area contributed by atoms with Gasteiger partial charge in [0.15, 0.2) is 0 Å². The third-order valence-electron chi connectivity index (χ3n) is 6.29. The normalized spacial score (nSPS) is 29.2. The molecule has 2 bridgehead atoms. The fourth-order valence-corrected chi connectivity index (χ4v) is 6.46. The number of ether oxygens (including phenoxy) is 1. The number of benzene rings is 1. The van der Waals surface area contributed by atoms with E-state index in [-0.39, 0.29) is 23.0 Å². The van der Waals surface area contributed by atoms with Gasteiger partial charge in [-0.3, -0.25) is 4.79 Å². The highest BCUT2D eigenvalue weighted by atomic mass is 32.2. The van der Waals surface area contributed by atoms with Crippen LogP contribution in [0.15, 0.2) is 29.2 Å². The van der Waals surface area contributed by atoms with Gasteiger partial charge >= 0.3 is 0 Å². The highest BCUT2D eigenvalue weighted by molar-refractivity contribution is 7.89. The molecule has 3 aliphatic heterocycles. The highest BCUT2D eigenvalue weighted by Crippen LogP contribution is 2.38. The zero-order valence-corrected chi connectivity index (χ0v) is 16.9.